The molecule has 0 unspecified atom stereocenters. The Morgan fingerprint density at radius 3 is 2.82 bits per heavy atom. The highest BCUT2D eigenvalue weighted by Crippen LogP contribution is 2.18. The molecule has 1 heterocycles. The lowest BCUT2D eigenvalue weighted by molar-refractivity contribution is 0.189. The second kappa shape index (κ2) is 4.76. The first-order valence-corrected chi connectivity index (χ1v) is 7.30. The number of hydrogen-bond acceptors (Lipinski definition) is 3. The van der Waals surface area contributed by atoms with Crippen LogP contribution in [0.4, 0.5) is 0 Å². The van der Waals surface area contributed by atoms with E-state index in [1.165, 1.54) is 4.31 Å². The summed E-state index contributed by atoms with van der Waals surface area (Å²) in [6.07, 6.45) is 0.0230. The molecule has 1 aromatic rings. The summed E-state index contributed by atoms with van der Waals surface area (Å²) in [5, 5.41) is 9.37. The van der Waals surface area contributed by atoms with Gasteiger partial charge in [-0.05, 0) is 18.9 Å². The van der Waals surface area contributed by atoms with Crippen molar-refractivity contribution < 1.29 is 13.5 Å². The van der Waals surface area contributed by atoms with E-state index in [9.17, 15) is 13.5 Å². The van der Waals surface area contributed by atoms with Gasteiger partial charge in [-0.2, -0.15) is 4.31 Å². The number of aliphatic hydroxyl groups is 1. The van der Waals surface area contributed by atoms with Crippen molar-refractivity contribution in [3.05, 3.63) is 35.4 Å². The molecule has 4 nitrogen and oxygen atoms in total. The summed E-state index contributed by atoms with van der Waals surface area (Å²) in [5.41, 5.74) is 1.85. The molecule has 1 aliphatic heterocycles. The lowest BCUT2D eigenvalue weighted by atomic mass is 10.2. The molecule has 1 aromatic carbocycles. The summed E-state index contributed by atoms with van der Waals surface area (Å²) in [6, 6.07) is 7.50. The summed E-state index contributed by atoms with van der Waals surface area (Å²) < 4.78 is 25.5. The molecule has 94 valence electrons. The zero-order valence-electron chi connectivity index (χ0n) is 9.83. The Balaban J connectivity index is 2.12. The first-order valence-electron chi connectivity index (χ1n) is 5.69. The number of nitrogens with zero attached hydrogens (tertiary/aromatic N) is 1. The maximum atomic E-state index is 12.1. The zero-order valence-corrected chi connectivity index (χ0v) is 10.7. The highest BCUT2D eigenvalue weighted by atomic mass is 32.2. The topological polar surface area (TPSA) is 57.6 Å². The van der Waals surface area contributed by atoms with Crippen LogP contribution in [0.25, 0.3) is 0 Å². The van der Waals surface area contributed by atoms with Crippen molar-refractivity contribution in [2.45, 2.75) is 25.2 Å². The van der Waals surface area contributed by atoms with Gasteiger partial charge in [0, 0.05) is 13.1 Å². The fourth-order valence-corrected chi connectivity index (χ4v) is 3.63. The molecule has 5 heteroatoms. The largest absolute Gasteiger partial charge is 0.392 e. The van der Waals surface area contributed by atoms with Crippen molar-refractivity contribution in [2.75, 3.05) is 13.1 Å². The molecule has 1 saturated heterocycles. The van der Waals surface area contributed by atoms with E-state index in [1.807, 2.05) is 31.2 Å². The molecule has 0 amide bonds. The van der Waals surface area contributed by atoms with E-state index in [0.29, 0.717) is 13.0 Å². The number of benzene rings is 1. The maximum Gasteiger partial charge on any atom is 0.218 e. The van der Waals surface area contributed by atoms with Gasteiger partial charge in [-0.1, -0.05) is 29.8 Å². The molecule has 0 radical (unpaired) electrons. The molecule has 17 heavy (non-hydrogen) atoms. The summed E-state index contributed by atoms with van der Waals surface area (Å²) in [4.78, 5) is 0. The van der Waals surface area contributed by atoms with Crippen LogP contribution in [0.3, 0.4) is 0 Å². The van der Waals surface area contributed by atoms with Crippen molar-refractivity contribution in [3.8, 4) is 0 Å². The standard InChI is InChI=1S/C12H17NO3S/c1-10-3-2-4-11(7-10)9-17(15,16)13-6-5-12(14)8-13/h2-4,7,12,14H,5-6,8-9H2,1H3/t12-/m1/s1. The zero-order chi connectivity index (χ0) is 12.5. The lowest BCUT2D eigenvalue weighted by Crippen LogP contribution is -2.30. The van der Waals surface area contributed by atoms with Crippen LogP contribution in [-0.2, 0) is 15.8 Å². The van der Waals surface area contributed by atoms with Crippen LogP contribution in [-0.4, -0.2) is 37.0 Å². The lowest BCUT2D eigenvalue weighted by Gasteiger charge is -2.15. The van der Waals surface area contributed by atoms with Crippen LogP contribution in [0.2, 0.25) is 0 Å². The molecular weight excluding hydrogens is 238 g/mol. The number of aryl methyl sites for hydroxylation is 1. The van der Waals surface area contributed by atoms with Crippen molar-refractivity contribution in [3.63, 3.8) is 0 Å². The molecule has 0 bridgehead atoms. The van der Waals surface area contributed by atoms with E-state index >= 15 is 0 Å². The quantitative estimate of drug-likeness (QED) is 0.872. The average Bonchev–Trinajstić information content (AvgIpc) is 2.65. The van der Waals surface area contributed by atoms with Crippen LogP contribution in [0.15, 0.2) is 24.3 Å². The average molecular weight is 255 g/mol. The van der Waals surface area contributed by atoms with Gasteiger partial charge in [-0.15, -0.1) is 0 Å². The number of aliphatic hydroxyl groups excluding tert-OH is 1. The second-order valence-electron chi connectivity index (χ2n) is 4.55. The third-order valence-corrected chi connectivity index (χ3v) is 4.77. The minimum absolute atomic E-state index is 0.0153. The van der Waals surface area contributed by atoms with Gasteiger partial charge >= 0.3 is 0 Å². The molecule has 0 saturated carbocycles. The highest BCUT2D eigenvalue weighted by molar-refractivity contribution is 7.88. The Hall–Kier alpha value is -0.910. The molecule has 1 aliphatic rings. The molecule has 1 fully saturated rings. The van der Waals surface area contributed by atoms with E-state index < -0.39 is 16.1 Å². The van der Waals surface area contributed by atoms with Gasteiger partial charge in [0.05, 0.1) is 11.9 Å². The predicted molar refractivity (Wildman–Crippen MR) is 66.0 cm³/mol. The Morgan fingerprint density at radius 1 is 1.47 bits per heavy atom. The molecule has 0 spiro atoms. The number of hydrogen-bond donors (Lipinski definition) is 1. The van der Waals surface area contributed by atoms with Gasteiger partial charge in [0.1, 0.15) is 0 Å². The maximum absolute atomic E-state index is 12.1. The first kappa shape index (κ1) is 12.5. The van der Waals surface area contributed by atoms with Crippen LogP contribution < -0.4 is 0 Å². The summed E-state index contributed by atoms with van der Waals surface area (Å²) in [7, 11) is -3.29. The minimum atomic E-state index is -3.29. The number of β-amino-alcohol motifs (C(OH)–C–C–N with tert-alkyl or cyclic N) is 1. The molecular formula is C12H17NO3S. The fourth-order valence-electron chi connectivity index (χ4n) is 2.07. The van der Waals surface area contributed by atoms with E-state index in [0.717, 1.165) is 11.1 Å². The van der Waals surface area contributed by atoms with E-state index in [4.69, 9.17) is 0 Å². The molecule has 2 rings (SSSR count). The van der Waals surface area contributed by atoms with Gasteiger partial charge < -0.3 is 5.11 Å². The van der Waals surface area contributed by atoms with Crippen LogP contribution in [0.5, 0.6) is 0 Å². The predicted octanol–water partition coefficient (Wildman–Crippen LogP) is 0.891. The fraction of sp³-hybridized carbons (Fsp3) is 0.500. The van der Waals surface area contributed by atoms with Crippen LogP contribution >= 0.6 is 0 Å². The van der Waals surface area contributed by atoms with Gasteiger partial charge in [0.15, 0.2) is 0 Å². The van der Waals surface area contributed by atoms with Crippen LogP contribution in [0.1, 0.15) is 17.5 Å². The van der Waals surface area contributed by atoms with Crippen LogP contribution in [0, 0.1) is 6.92 Å². The number of sulfonamides is 1. The minimum Gasteiger partial charge on any atom is -0.392 e. The molecule has 1 N–H and O–H groups in total. The Morgan fingerprint density at radius 2 is 2.24 bits per heavy atom. The third kappa shape index (κ3) is 3.06. The van der Waals surface area contributed by atoms with E-state index in [1.54, 1.807) is 0 Å². The van der Waals surface area contributed by atoms with Crippen molar-refractivity contribution in [2.24, 2.45) is 0 Å². The van der Waals surface area contributed by atoms with E-state index in [2.05, 4.69) is 0 Å². The second-order valence-corrected chi connectivity index (χ2v) is 6.51. The smallest absolute Gasteiger partial charge is 0.218 e. The van der Waals surface area contributed by atoms with Gasteiger partial charge in [0.25, 0.3) is 0 Å². The normalized spacial score (nSPS) is 21.9. The summed E-state index contributed by atoms with van der Waals surface area (Å²) >= 11 is 0. The molecule has 0 aromatic heterocycles. The third-order valence-electron chi connectivity index (χ3n) is 2.95. The van der Waals surface area contributed by atoms with Gasteiger partial charge in [0.2, 0.25) is 10.0 Å². The monoisotopic (exact) mass is 255 g/mol. The molecule has 0 aliphatic carbocycles. The highest BCUT2D eigenvalue weighted by Gasteiger charge is 2.30. The van der Waals surface area contributed by atoms with E-state index in [-0.39, 0.29) is 12.3 Å². The van der Waals surface area contributed by atoms with Crippen molar-refractivity contribution in [1.82, 2.24) is 4.31 Å². The SMILES string of the molecule is Cc1cccc(CS(=O)(=O)N2CC[C@@H](O)C2)c1. The van der Waals surface area contributed by atoms with Crippen molar-refractivity contribution in [1.29, 1.82) is 0 Å². The first-order chi connectivity index (χ1) is 7.97. The van der Waals surface area contributed by atoms with Crippen molar-refractivity contribution >= 4 is 10.0 Å². The summed E-state index contributed by atoms with van der Waals surface area (Å²) in [5.74, 6) is 0.0153. The van der Waals surface area contributed by atoms with Gasteiger partial charge in [-0.3, -0.25) is 0 Å². The Bertz CT molecular complexity index is 498. The Labute approximate surface area is 102 Å². The summed E-state index contributed by atoms with van der Waals surface area (Å²) in [6.45, 7) is 2.60. The Kier molecular flexibility index (Phi) is 3.51. The van der Waals surface area contributed by atoms with Gasteiger partial charge in [-0.25, -0.2) is 8.42 Å². The number of rotatable bonds is 3. The molecule has 1 atom stereocenters.